The number of methoxy groups -OCH3 is 1. The topological polar surface area (TPSA) is 116 Å². The van der Waals surface area contributed by atoms with Crippen molar-refractivity contribution in [2.45, 2.75) is 0 Å². The lowest BCUT2D eigenvalue weighted by Gasteiger charge is -2.10. The fraction of sp³-hybridized carbons (Fsp3) is 0.0909. The summed E-state index contributed by atoms with van der Waals surface area (Å²) in [4.78, 5) is 17.8. The van der Waals surface area contributed by atoms with Crippen LogP contribution < -0.4 is 15.8 Å². The molecule has 0 spiro atoms. The number of nitrogens with one attached hydrogen (secondary N) is 1. The van der Waals surface area contributed by atoms with Gasteiger partial charge in [-0.2, -0.15) is 0 Å². The molecule has 2 rings (SSSR count). The Morgan fingerprint density at radius 1 is 1.37 bits per heavy atom. The second-order valence-electron chi connectivity index (χ2n) is 3.54. The smallest absolute Gasteiger partial charge is 0.353 e. The van der Waals surface area contributed by atoms with Gasteiger partial charge in [0.2, 0.25) is 11.6 Å². The second kappa shape index (κ2) is 5.17. The zero-order valence-corrected chi connectivity index (χ0v) is 10.0. The highest BCUT2D eigenvalue weighted by Crippen LogP contribution is 2.32. The first-order valence-electron chi connectivity index (χ1n) is 5.28. The first-order valence-corrected chi connectivity index (χ1v) is 5.28. The van der Waals surface area contributed by atoms with Crippen molar-refractivity contribution in [3.8, 4) is 5.75 Å². The fourth-order valence-corrected chi connectivity index (χ4v) is 1.54. The molecule has 0 aliphatic heterocycles. The van der Waals surface area contributed by atoms with E-state index in [2.05, 4.69) is 15.3 Å². The van der Waals surface area contributed by atoms with E-state index in [0.717, 1.165) is 6.33 Å². The molecule has 19 heavy (non-hydrogen) atoms. The molecule has 1 aromatic heterocycles. The van der Waals surface area contributed by atoms with Crippen LogP contribution in [0, 0.1) is 10.1 Å². The maximum absolute atomic E-state index is 11.0. The molecule has 0 saturated heterocycles. The highest BCUT2D eigenvalue weighted by Gasteiger charge is 2.21. The van der Waals surface area contributed by atoms with Crippen LogP contribution in [0.15, 0.2) is 30.6 Å². The fourth-order valence-electron chi connectivity index (χ4n) is 1.54. The predicted octanol–water partition coefficient (Wildman–Crippen LogP) is 1.72. The number of benzene rings is 1. The molecule has 0 aliphatic carbocycles. The van der Waals surface area contributed by atoms with Crippen molar-refractivity contribution in [1.82, 2.24) is 9.97 Å². The van der Waals surface area contributed by atoms with Crippen LogP contribution >= 0.6 is 0 Å². The molecular weight excluding hydrogens is 250 g/mol. The van der Waals surface area contributed by atoms with E-state index in [0.29, 0.717) is 11.4 Å². The number of anilines is 3. The van der Waals surface area contributed by atoms with E-state index in [1.807, 2.05) is 0 Å². The van der Waals surface area contributed by atoms with E-state index >= 15 is 0 Å². The highest BCUT2D eigenvalue weighted by molar-refractivity contribution is 5.74. The average molecular weight is 261 g/mol. The van der Waals surface area contributed by atoms with Crippen molar-refractivity contribution in [3.63, 3.8) is 0 Å². The van der Waals surface area contributed by atoms with Gasteiger partial charge >= 0.3 is 5.69 Å². The average Bonchev–Trinajstić information content (AvgIpc) is 2.39. The zero-order chi connectivity index (χ0) is 13.8. The molecule has 3 N–H and O–H groups in total. The number of rotatable bonds is 4. The minimum absolute atomic E-state index is 0.0157. The van der Waals surface area contributed by atoms with Crippen LogP contribution in [0.5, 0.6) is 5.75 Å². The van der Waals surface area contributed by atoms with Gasteiger partial charge in [0.05, 0.1) is 17.7 Å². The lowest BCUT2D eigenvalue weighted by molar-refractivity contribution is -0.383. The summed E-state index contributed by atoms with van der Waals surface area (Å²) in [6, 6.07) is 6.98. The molecule has 0 fully saturated rings. The van der Waals surface area contributed by atoms with Crippen LogP contribution in [0.25, 0.3) is 0 Å². The Balaban J connectivity index is 2.44. The first-order chi connectivity index (χ1) is 9.13. The number of nitrogens with zero attached hydrogens (tertiary/aromatic N) is 3. The SMILES string of the molecule is COc1ccccc1Nc1ncnc(N)c1[N+](=O)[O-]. The summed E-state index contributed by atoms with van der Waals surface area (Å²) in [5.74, 6) is 0.355. The van der Waals surface area contributed by atoms with E-state index in [1.54, 1.807) is 24.3 Å². The Morgan fingerprint density at radius 3 is 2.79 bits per heavy atom. The van der Waals surface area contributed by atoms with E-state index < -0.39 is 4.92 Å². The maximum atomic E-state index is 11.0. The lowest BCUT2D eigenvalue weighted by atomic mass is 10.3. The Labute approximate surface area is 108 Å². The van der Waals surface area contributed by atoms with Gasteiger partial charge < -0.3 is 15.8 Å². The number of nitrogen functional groups attached to an aromatic ring is 1. The van der Waals surface area contributed by atoms with Gasteiger partial charge in [0.25, 0.3) is 0 Å². The van der Waals surface area contributed by atoms with Gasteiger partial charge in [-0.3, -0.25) is 10.1 Å². The van der Waals surface area contributed by atoms with Gasteiger partial charge in [0.1, 0.15) is 12.1 Å². The lowest BCUT2D eigenvalue weighted by Crippen LogP contribution is -2.05. The standard InChI is InChI=1S/C11H11N5O3/c1-19-8-5-3-2-4-7(8)15-11-9(16(17)18)10(12)13-6-14-11/h2-6H,1H3,(H3,12,13,14,15). The van der Waals surface area contributed by atoms with Crippen LogP contribution in [-0.2, 0) is 0 Å². The van der Waals surface area contributed by atoms with Crippen LogP contribution in [0.2, 0.25) is 0 Å². The molecule has 0 radical (unpaired) electrons. The number of nitrogens with two attached hydrogens (primary N) is 1. The molecule has 8 heteroatoms. The van der Waals surface area contributed by atoms with Crippen molar-refractivity contribution in [2.24, 2.45) is 0 Å². The maximum Gasteiger partial charge on any atom is 0.353 e. The molecule has 0 amide bonds. The van der Waals surface area contributed by atoms with Gasteiger partial charge in [-0.05, 0) is 12.1 Å². The number of para-hydroxylation sites is 2. The summed E-state index contributed by atoms with van der Waals surface area (Å²) in [6.07, 6.45) is 1.15. The molecule has 0 atom stereocenters. The largest absolute Gasteiger partial charge is 0.495 e. The van der Waals surface area contributed by atoms with Crippen molar-refractivity contribution < 1.29 is 9.66 Å². The quantitative estimate of drug-likeness (QED) is 0.635. The number of ether oxygens (including phenoxy) is 1. The number of hydrogen-bond donors (Lipinski definition) is 2. The third kappa shape index (κ3) is 2.51. The third-order valence-electron chi connectivity index (χ3n) is 2.39. The number of nitro groups is 1. The monoisotopic (exact) mass is 261 g/mol. The summed E-state index contributed by atoms with van der Waals surface area (Å²) in [7, 11) is 1.50. The molecule has 0 unspecified atom stereocenters. The summed E-state index contributed by atoms with van der Waals surface area (Å²) < 4.78 is 5.14. The number of hydrogen-bond acceptors (Lipinski definition) is 7. The number of aromatic nitrogens is 2. The van der Waals surface area contributed by atoms with E-state index in [-0.39, 0.29) is 17.3 Å². The Morgan fingerprint density at radius 2 is 2.11 bits per heavy atom. The van der Waals surface area contributed by atoms with Crippen molar-refractivity contribution in [2.75, 3.05) is 18.2 Å². The summed E-state index contributed by atoms with van der Waals surface area (Å²) >= 11 is 0. The molecule has 0 saturated carbocycles. The van der Waals surface area contributed by atoms with Crippen LogP contribution in [0.3, 0.4) is 0 Å². The summed E-state index contributed by atoms with van der Waals surface area (Å²) in [5, 5.41) is 13.8. The van der Waals surface area contributed by atoms with Gasteiger partial charge in [-0.1, -0.05) is 12.1 Å². The summed E-state index contributed by atoms with van der Waals surface area (Å²) in [6.45, 7) is 0. The van der Waals surface area contributed by atoms with Crippen LogP contribution in [0.1, 0.15) is 0 Å². The van der Waals surface area contributed by atoms with Gasteiger partial charge in [-0.25, -0.2) is 9.97 Å². The van der Waals surface area contributed by atoms with Crippen molar-refractivity contribution in [1.29, 1.82) is 0 Å². The Kier molecular flexibility index (Phi) is 3.42. The second-order valence-corrected chi connectivity index (χ2v) is 3.54. The molecule has 1 heterocycles. The minimum atomic E-state index is -0.632. The summed E-state index contributed by atoms with van der Waals surface area (Å²) in [5.41, 5.74) is 5.66. The Hall–Kier alpha value is -2.90. The van der Waals surface area contributed by atoms with Gasteiger partial charge in [-0.15, -0.1) is 0 Å². The van der Waals surface area contributed by atoms with Gasteiger partial charge in [0.15, 0.2) is 0 Å². The van der Waals surface area contributed by atoms with Crippen LogP contribution in [0.4, 0.5) is 23.0 Å². The molecule has 1 aromatic carbocycles. The van der Waals surface area contributed by atoms with Crippen LogP contribution in [-0.4, -0.2) is 22.0 Å². The van der Waals surface area contributed by atoms with Crippen molar-refractivity contribution >= 4 is 23.0 Å². The molecule has 2 aromatic rings. The van der Waals surface area contributed by atoms with E-state index in [9.17, 15) is 10.1 Å². The molecule has 0 bridgehead atoms. The van der Waals surface area contributed by atoms with Gasteiger partial charge in [0, 0.05) is 0 Å². The zero-order valence-electron chi connectivity index (χ0n) is 10.0. The van der Waals surface area contributed by atoms with E-state index in [1.165, 1.54) is 7.11 Å². The molecule has 0 aliphatic rings. The molecule has 98 valence electrons. The first kappa shape index (κ1) is 12.6. The normalized spacial score (nSPS) is 9.95. The molecule has 8 nitrogen and oxygen atoms in total. The predicted molar refractivity (Wildman–Crippen MR) is 69.4 cm³/mol. The Bertz CT molecular complexity index is 617. The minimum Gasteiger partial charge on any atom is -0.495 e. The van der Waals surface area contributed by atoms with E-state index in [4.69, 9.17) is 10.5 Å². The third-order valence-corrected chi connectivity index (χ3v) is 2.39. The molecular formula is C11H11N5O3. The van der Waals surface area contributed by atoms with Crippen molar-refractivity contribution in [3.05, 3.63) is 40.7 Å². The highest BCUT2D eigenvalue weighted by atomic mass is 16.6.